The predicted molar refractivity (Wildman–Crippen MR) is 75.3 cm³/mol. The summed E-state index contributed by atoms with van der Waals surface area (Å²) < 4.78 is 9.90. The first-order valence-corrected chi connectivity index (χ1v) is 5.50. The first-order chi connectivity index (χ1) is 9.04. The fraction of sp³-hybridized carbons (Fsp3) is 0.231. The number of methoxy groups -OCH3 is 2. The molecule has 102 valence electrons. The largest absolute Gasteiger partial charge is 0.494 e. The van der Waals surface area contributed by atoms with Crippen molar-refractivity contribution < 1.29 is 14.3 Å². The molecule has 1 rings (SSSR count). The maximum atomic E-state index is 11.6. The fourth-order valence-electron chi connectivity index (χ4n) is 1.57. The maximum Gasteiger partial charge on any atom is 0.337 e. The van der Waals surface area contributed by atoms with E-state index in [2.05, 4.69) is 21.8 Å². The van der Waals surface area contributed by atoms with Gasteiger partial charge in [-0.05, 0) is 17.7 Å². The molecule has 0 radical (unpaired) electrons. The van der Waals surface area contributed by atoms with Gasteiger partial charge in [-0.3, -0.25) is 0 Å². The Kier molecular flexibility index (Phi) is 4.93. The van der Waals surface area contributed by atoms with E-state index >= 15 is 0 Å². The number of allylic oxidation sites excluding steroid dienone is 1. The quantitative estimate of drug-likeness (QED) is 0.362. The van der Waals surface area contributed by atoms with Crippen LogP contribution in [0, 0.1) is 0 Å². The average Bonchev–Trinajstić information content (AvgIpc) is 2.42. The Morgan fingerprint density at radius 3 is 2.68 bits per heavy atom. The summed E-state index contributed by atoms with van der Waals surface area (Å²) in [6.45, 7) is 3.86. The van der Waals surface area contributed by atoms with Gasteiger partial charge in [-0.15, -0.1) is 0 Å². The van der Waals surface area contributed by atoms with E-state index in [-0.39, 0.29) is 0 Å². The molecule has 0 fully saturated rings. The molecule has 0 aliphatic heterocycles. The third-order valence-corrected chi connectivity index (χ3v) is 2.44. The number of esters is 1. The molecule has 6 heteroatoms. The molecule has 0 saturated heterocycles. The number of ether oxygens (including phenoxy) is 2. The molecule has 0 aliphatic carbocycles. The molecular formula is C13H17N3O3. The SMILES string of the molecule is C=C(/C=N\NC)c1cc(C(=O)OC)cc(N)c1OC. The Labute approximate surface area is 111 Å². The molecule has 6 nitrogen and oxygen atoms in total. The van der Waals surface area contributed by atoms with E-state index in [0.717, 1.165) is 0 Å². The van der Waals surface area contributed by atoms with E-state index in [1.54, 1.807) is 13.1 Å². The van der Waals surface area contributed by atoms with Crippen LogP contribution in [0.1, 0.15) is 15.9 Å². The molecule has 0 heterocycles. The second kappa shape index (κ2) is 6.44. The molecule has 1 aromatic carbocycles. The van der Waals surface area contributed by atoms with E-state index in [1.165, 1.54) is 26.5 Å². The molecule has 0 bridgehead atoms. The van der Waals surface area contributed by atoms with Gasteiger partial charge in [-0.25, -0.2) is 4.79 Å². The van der Waals surface area contributed by atoms with Crippen molar-refractivity contribution in [2.24, 2.45) is 5.10 Å². The zero-order valence-corrected chi connectivity index (χ0v) is 11.2. The minimum absolute atomic E-state index is 0.329. The molecule has 0 aliphatic rings. The summed E-state index contributed by atoms with van der Waals surface area (Å²) >= 11 is 0. The standard InChI is InChI=1S/C13H17N3O3/c1-8(7-16-15-2)10-5-9(13(17)19-4)6-11(14)12(10)18-3/h5-7,15H,1,14H2,2-4H3/b16-7-. The zero-order valence-electron chi connectivity index (χ0n) is 11.2. The Morgan fingerprint density at radius 1 is 1.47 bits per heavy atom. The highest BCUT2D eigenvalue weighted by Crippen LogP contribution is 2.32. The van der Waals surface area contributed by atoms with E-state index in [1.807, 2.05) is 0 Å². The van der Waals surface area contributed by atoms with Crippen molar-refractivity contribution in [3.63, 3.8) is 0 Å². The number of nitrogens with one attached hydrogen (secondary N) is 1. The van der Waals surface area contributed by atoms with E-state index < -0.39 is 5.97 Å². The minimum atomic E-state index is -0.478. The van der Waals surface area contributed by atoms with Gasteiger partial charge in [0.25, 0.3) is 0 Å². The summed E-state index contributed by atoms with van der Waals surface area (Å²) in [5.74, 6) is -0.0332. The van der Waals surface area contributed by atoms with Gasteiger partial charge < -0.3 is 20.6 Å². The number of anilines is 1. The van der Waals surface area contributed by atoms with Crippen LogP contribution in [0.5, 0.6) is 5.75 Å². The molecule has 19 heavy (non-hydrogen) atoms. The van der Waals surface area contributed by atoms with Gasteiger partial charge in [-0.1, -0.05) is 6.58 Å². The highest BCUT2D eigenvalue weighted by molar-refractivity contribution is 6.11. The van der Waals surface area contributed by atoms with Gasteiger partial charge in [0.05, 0.1) is 31.7 Å². The van der Waals surface area contributed by atoms with Crippen LogP contribution in [0.15, 0.2) is 23.8 Å². The first kappa shape index (κ1) is 14.6. The van der Waals surface area contributed by atoms with E-state index in [9.17, 15) is 4.79 Å². The minimum Gasteiger partial charge on any atom is -0.494 e. The van der Waals surface area contributed by atoms with Crippen LogP contribution in [-0.4, -0.2) is 33.5 Å². The number of hydrogen-bond acceptors (Lipinski definition) is 6. The van der Waals surface area contributed by atoms with Gasteiger partial charge in [0, 0.05) is 12.6 Å². The van der Waals surface area contributed by atoms with Crippen LogP contribution in [0.2, 0.25) is 0 Å². The van der Waals surface area contributed by atoms with Crippen molar-refractivity contribution in [2.75, 3.05) is 27.0 Å². The number of benzene rings is 1. The van der Waals surface area contributed by atoms with Crippen LogP contribution in [0.25, 0.3) is 5.57 Å². The third-order valence-electron chi connectivity index (χ3n) is 2.44. The molecule has 3 N–H and O–H groups in total. The Balaban J connectivity index is 3.34. The topological polar surface area (TPSA) is 85.9 Å². The monoisotopic (exact) mass is 263 g/mol. The number of nitrogen functional groups attached to an aromatic ring is 1. The number of carbonyl (C=O) groups excluding carboxylic acids is 1. The van der Waals surface area contributed by atoms with Gasteiger partial charge in [0.15, 0.2) is 0 Å². The van der Waals surface area contributed by atoms with Crippen LogP contribution in [-0.2, 0) is 4.74 Å². The fourth-order valence-corrected chi connectivity index (χ4v) is 1.57. The summed E-state index contributed by atoms with van der Waals surface area (Å²) in [4.78, 5) is 11.6. The number of rotatable bonds is 5. The van der Waals surface area contributed by atoms with Crippen molar-refractivity contribution in [1.29, 1.82) is 0 Å². The molecule has 0 unspecified atom stereocenters. The van der Waals surface area contributed by atoms with E-state index in [4.69, 9.17) is 10.5 Å². The number of nitrogens with zero attached hydrogens (tertiary/aromatic N) is 1. The molecule has 0 spiro atoms. The van der Waals surface area contributed by atoms with Crippen LogP contribution >= 0.6 is 0 Å². The van der Waals surface area contributed by atoms with Crippen molar-refractivity contribution in [3.8, 4) is 5.75 Å². The van der Waals surface area contributed by atoms with Gasteiger partial charge in [0.2, 0.25) is 0 Å². The van der Waals surface area contributed by atoms with Crippen molar-refractivity contribution in [2.45, 2.75) is 0 Å². The van der Waals surface area contributed by atoms with Crippen LogP contribution < -0.4 is 15.9 Å². The summed E-state index contributed by atoms with van der Waals surface area (Å²) in [7, 11) is 4.47. The number of carbonyl (C=O) groups is 1. The van der Waals surface area contributed by atoms with Crippen molar-refractivity contribution >= 4 is 23.4 Å². The summed E-state index contributed by atoms with van der Waals surface area (Å²) in [5, 5.41) is 3.86. The highest BCUT2D eigenvalue weighted by Gasteiger charge is 2.15. The molecule has 1 aromatic rings. The van der Waals surface area contributed by atoms with Gasteiger partial charge >= 0.3 is 5.97 Å². The maximum absolute atomic E-state index is 11.6. The molecule has 0 atom stereocenters. The lowest BCUT2D eigenvalue weighted by atomic mass is 10.0. The molecule has 0 amide bonds. The third kappa shape index (κ3) is 3.25. The lowest BCUT2D eigenvalue weighted by Gasteiger charge is -2.13. The van der Waals surface area contributed by atoms with Crippen molar-refractivity contribution in [1.82, 2.24) is 5.43 Å². The predicted octanol–water partition coefficient (Wildman–Crippen LogP) is 1.28. The van der Waals surface area contributed by atoms with Crippen molar-refractivity contribution in [3.05, 3.63) is 29.8 Å². The second-order valence-electron chi connectivity index (χ2n) is 3.64. The summed E-state index contributed by atoms with van der Waals surface area (Å²) in [5.41, 5.74) is 10.3. The number of hydrogen-bond donors (Lipinski definition) is 2. The van der Waals surface area contributed by atoms with Gasteiger partial charge in [-0.2, -0.15) is 5.10 Å². The summed E-state index contributed by atoms with van der Waals surface area (Å²) in [6.07, 6.45) is 1.51. The molecule has 0 saturated carbocycles. The number of nitrogens with two attached hydrogens (primary N) is 1. The summed E-state index contributed by atoms with van der Waals surface area (Å²) in [6, 6.07) is 3.10. The normalized spacial score (nSPS) is 10.3. The average molecular weight is 263 g/mol. The van der Waals surface area contributed by atoms with Gasteiger partial charge in [0.1, 0.15) is 5.75 Å². The van der Waals surface area contributed by atoms with Crippen LogP contribution in [0.3, 0.4) is 0 Å². The molecule has 0 aromatic heterocycles. The van der Waals surface area contributed by atoms with Crippen LogP contribution in [0.4, 0.5) is 5.69 Å². The first-order valence-electron chi connectivity index (χ1n) is 5.50. The molecular weight excluding hydrogens is 246 g/mol. The number of hydrazone groups is 1. The Bertz CT molecular complexity index is 524. The lowest BCUT2D eigenvalue weighted by Crippen LogP contribution is -2.06. The Morgan fingerprint density at radius 2 is 2.16 bits per heavy atom. The highest BCUT2D eigenvalue weighted by atomic mass is 16.5. The zero-order chi connectivity index (χ0) is 14.4. The second-order valence-corrected chi connectivity index (χ2v) is 3.64. The van der Waals surface area contributed by atoms with E-state index in [0.29, 0.717) is 28.1 Å². The smallest absolute Gasteiger partial charge is 0.337 e. The lowest BCUT2D eigenvalue weighted by molar-refractivity contribution is 0.0600. The Hall–Kier alpha value is -2.50.